The predicted octanol–water partition coefficient (Wildman–Crippen LogP) is 3.58. The van der Waals surface area contributed by atoms with E-state index in [-0.39, 0.29) is 0 Å². The average molecular weight is 223 g/mol. The van der Waals surface area contributed by atoms with Crippen LogP contribution >= 0.6 is 23.5 Å². The van der Waals surface area contributed by atoms with Gasteiger partial charge in [0.05, 0.1) is 11.3 Å². The van der Waals surface area contributed by atoms with Crippen LogP contribution in [-0.4, -0.2) is 16.7 Å². The molecular formula is C11H13NS2. The van der Waals surface area contributed by atoms with Crippen LogP contribution in [0, 0.1) is 0 Å². The highest BCUT2D eigenvalue weighted by atomic mass is 32.2. The molecule has 0 bridgehead atoms. The first-order chi connectivity index (χ1) is 6.81. The van der Waals surface area contributed by atoms with Crippen molar-refractivity contribution in [1.29, 1.82) is 0 Å². The summed E-state index contributed by atoms with van der Waals surface area (Å²) in [6.45, 7) is 2.19. The Bertz CT molecular complexity index is 334. The zero-order chi connectivity index (χ0) is 9.97. The van der Waals surface area contributed by atoms with Crippen molar-refractivity contribution < 1.29 is 0 Å². The van der Waals surface area contributed by atoms with Crippen LogP contribution in [0.1, 0.15) is 17.7 Å². The lowest BCUT2D eigenvalue weighted by Gasteiger charge is -2.12. The molecule has 0 amide bonds. The van der Waals surface area contributed by atoms with E-state index in [1.165, 1.54) is 9.94 Å². The van der Waals surface area contributed by atoms with Gasteiger partial charge >= 0.3 is 0 Å². The molecule has 0 saturated heterocycles. The number of rotatable bonds is 1. The quantitative estimate of drug-likeness (QED) is 0.721. The zero-order valence-electron chi connectivity index (χ0n) is 8.31. The van der Waals surface area contributed by atoms with Crippen molar-refractivity contribution in [1.82, 2.24) is 0 Å². The first-order valence-corrected chi connectivity index (χ1v) is 6.75. The van der Waals surface area contributed by atoms with Crippen LogP contribution in [0.2, 0.25) is 0 Å². The van der Waals surface area contributed by atoms with Crippen LogP contribution in [0.3, 0.4) is 0 Å². The molecule has 74 valence electrons. The SMILES string of the molecule is CSC1=N[C@@H](C)[C@H](c2ccccc2)S1. The van der Waals surface area contributed by atoms with E-state index >= 15 is 0 Å². The van der Waals surface area contributed by atoms with Crippen molar-refractivity contribution in [3.63, 3.8) is 0 Å². The predicted molar refractivity (Wildman–Crippen MR) is 67.2 cm³/mol. The summed E-state index contributed by atoms with van der Waals surface area (Å²) in [5.74, 6) is 0. The van der Waals surface area contributed by atoms with Gasteiger partial charge < -0.3 is 0 Å². The van der Waals surface area contributed by atoms with E-state index in [0.29, 0.717) is 11.3 Å². The molecule has 0 N–H and O–H groups in total. The summed E-state index contributed by atoms with van der Waals surface area (Å²) in [5, 5.41) is 0.513. The topological polar surface area (TPSA) is 12.4 Å². The lowest BCUT2D eigenvalue weighted by atomic mass is 10.1. The summed E-state index contributed by atoms with van der Waals surface area (Å²) >= 11 is 3.63. The van der Waals surface area contributed by atoms with E-state index in [2.05, 4.69) is 48.5 Å². The van der Waals surface area contributed by atoms with Crippen molar-refractivity contribution in [2.75, 3.05) is 6.26 Å². The van der Waals surface area contributed by atoms with Gasteiger partial charge in [0.25, 0.3) is 0 Å². The number of benzene rings is 1. The third-order valence-electron chi connectivity index (χ3n) is 2.28. The van der Waals surface area contributed by atoms with Crippen LogP contribution in [-0.2, 0) is 0 Å². The second-order valence-electron chi connectivity index (χ2n) is 3.29. The minimum absolute atomic E-state index is 0.407. The van der Waals surface area contributed by atoms with Crippen molar-refractivity contribution >= 4 is 27.9 Å². The molecular weight excluding hydrogens is 210 g/mol. The van der Waals surface area contributed by atoms with E-state index in [4.69, 9.17) is 0 Å². The average Bonchev–Trinajstić information content (AvgIpc) is 2.61. The molecule has 1 nitrogen and oxygen atoms in total. The molecule has 0 aromatic heterocycles. The Balaban J connectivity index is 2.16. The lowest BCUT2D eigenvalue weighted by Crippen LogP contribution is -2.04. The molecule has 3 heteroatoms. The Morgan fingerprint density at radius 3 is 2.57 bits per heavy atom. The van der Waals surface area contributed by atoms with Crippen LogP contribution in [0.4, 0.5) is 0 Å². The normalized spacial score (nSPS) is 26.3. The molecule has 1 aliphatic rings. The maximum Gasteiger partial charge on any atom is 0.125 e. The third-order valence-corrected chi connectivity index (χ3v) is 4.75. The van der Waals surface area contributed by atoms with Crippen molar-refractivity contribution in [3.8, 4) is 0 Å². The highest BCUT2D eigenvalue weighted by molar-refractivity contribution is 8.38. The first-order valence-electron chi connectivity index (χ1n) is 4.64. The van der Waals surface area contributed by atoms with Gasteiger partial charge in [-0.3, -0.25) is 4.99 Å². The second kappa shape index (κ2) is 4.41. The molecule has 0 spiro atoms. The standard InChI is InChI=1S/C11H13NS2/c1-8-10(14-11(12-8)13-2)9-6-4-3-5-7-9/h3-8,10H,1-2H3/t8-,10+/m0/s1. The van der Waals surface area contributed by atoms with Gasteiger partial charge in [-0.05, 0) is 18.7 Å². The molecule has 0 fully saturated rings. The first kappa shape index (κ1) is 10.1. The van der Waals surface area contributed by atoms with E-state index in [0.717, 1.165) is 0 Å². The number of aliphatic imine (C=N–C) groups is 1. The number of thioether (sulfide) groups is 2. The molecule has 1 aromatic rings. The Kier molecular flexibility index (Phi) is 3.19. The molecule has 14 heavy (non-hydrogen) atoms. The van der Waals surface area contributed by atoms with E-state index in [1.54, 1.807) is 11.8 Å². The summed E-state index contributed by atoms with van der Waals surface area (Å²) in [6, 6.07) is 11.0. The van der Waals surface area contributed by atoms with Gasteiger partial charge in [-0.25, -0.2) is 0 Å². The fraction of sp³-hybridized carbons (Fsp3) is 0.364. The summed E-state index contributed by atoms with van der Waals surface area (Å²) < 4.78 is 1.21. The highest BCUT2D eigenvalue weighted by Gasteiger charge is 2.27. The molecule has 2 atom stereocenters. The van der Waals surface area contributed by atoms with Gasteiger partial charge in [0.1, 0.15) is 4.38 Å². The highest BCUT2D eigenvalue weighted by Crippen LogP contribution is 2.42. The third kappa shape index (κ3) is 1.98. The molecule has 2 rings (SSSR count). The minimum atomic E-state index is 0.407. The summed E-state index contributed by atoms with van der Waals surface area (Å²) in [7, 11) is 0. The monoisotopic (exact) mass is 223 g/mol. The van der Waals surface area contributed by atoms with Crippen LogP contribution < -0.4 is 0 Å². The minimum Gasteiger partial charge on any atom is -0.267 e. The summed E-state index contributed by atoms with van der Waals surface area (Å²) in [6.07, 6.45) is 2.09. The molecule has 0 unspecified atom stereocenters. The maximum atomic E-state index is 4.61. The Labute approximate surface area is 93.4 Å². The number of hydrogen-bond acceptors (Lipinski definition) is 3. The zero-order valence-corrected chi connectivity index (χ0v) is 9.94. The molecule has 1 heterocycles. The number of nitrogens with zero attached hydrogens (tertiary/aromatic N) is 1. The summed E-state index contributed by atoms with van der Waals surface area (Å²) in [4.78, 5) is 4.61. The van der Waals surface area contributed by atoms with Gasteiger partial charge in [-0.2, -0.15) is 0 Å². The van der Waals surface area contributed by atoms with E-state index < -0.39 is 0 Å². The fourth-order valence-electron chi connectivity index (χ4n) is 1.56. The van der Waals surface area contributed by atoms with Crippen molar-refractivity contribution in [3.05, 3.63) is 35.9 Å². The Morgan fingerprint density at radius 2 is 2.00 bits per heavy atom. The second-order valence-corrected chi connectivity index (χ2v) is 5.47. The largest absolute Gasteiger partial charge is 0.267 e. The van der Waals surface area contributed by atoms with Crippen LogP contribution in [0.25, 0.3) is 0 Å². The maximum absolute atomic E-state index is 4.61. The van der Waals surface area contributed by atoms with Gasteiger partial charge in [0.2, 0.25) is 0 Å². The molecule has 0 aliphatic carbocycles. The van der Waals surface area contributed by atoms with Gasteiger partial charge in [0.15, 0.2) is 0 Å². The molecule has 1 aliphatic heterocycles. The van der Waals surface area contributed by atoms with Gasteiger partial charge in [-0.15, -0.1) is 11.8 Å². The van der Waals surface area contributed by atoms with Crippen LogP contribution in [0.15, 0.2) is 35.3 Å². The Hall–Kier alpha value is -0.410. The Morgan fingerprint density at radius 1 is 1.29 bits per heavy atom. The van der Waals surface area contributed by atoms with Gasteiger partial charge in [-0.1, -0.05) is 42.1 Å². The summed E-state index contributed by atoms with van der Waals surface area (Å²) in [5.41, 5.74) is 1.39. The van der Waals surface area contributed by atoms with Crippen LogP contribution in [0.5, 0.6) is 0 Å². The number of hydrogen-bond donors (Lipinski definition) is 0. The van der Waals surface area contributed by atoms with E-state index in [9.17, 15) is 0 Å². The van der Waals surface area contributed by atoms with Gasteiger partial charge in [0, 0.05) is 0 Å². The molecule has 0 radical (unpaired) electrons. The van der Waals surface area contributed by atoms with Crippen molar-refractivity contribution in [2.45, 2.75) is 18.2 Å². The van der Waals surface area contributed by atoms with Crippen molar-refractivity contribution in [2.24, 2.45) is 4.99 Å². The fourth-order valence-corrected chi connectivity index (χ4v) is 3.52. The smallest absolute Gasteiger partial charge is 0.125 e. The van der Waals surface area contributed by atoms with E-state index in [1.807, 2.05) is 11.8 Å². The lowest BCUT2D eigenvalue weighted by molar-refractivity contribution is 0.741. The molecule has 0 saturated carbocycles. The molecule has 1 aromatic carbocycles.